The first-order valence-electron chi connectivity index (χ1n) is 7.10. The van der Waals surface area contributed by atoms with E-state index in [9.17, 15) is 19.3 Å². The first kappa shape index (κ1) is 16.2. The molecule has 1 aromatic heterocycles. The van der Waals surface area contributed by atoms with E-state index in [2.05, 4.69) is 15.5 Å². The van der Waals surface area contributed by atoms with E-state index in [1.54, 1.807) is 6.07 Å². The van der Waals surface area contributed by atoms with Crippen LogP contribution in [0.25, 0.3) is 11.5 Å². The van der Waals surface area contributed by atoms with Crippen LogP contribution in [0.4, 0.5) is 16.1 Å². The monoisotopic (exact) mass is 342 g/mol. The molecule has 0 bridgehead atoms. The molecule has 3 rings (SSSR count). The van der Waals surface area contributed by atoms with E-state index in [-0.39, 0.29) is 28.7 Å². The first-order valence-corrected chi connectivity index (χ1v) is 7.10. The highest BCUT2D eigenvalue weighted by Gasteiger charge is 2.19. The minimum Gasteiger partial charge on any atom is -0.403 e. The molecular formula is C16H11FN4O4. The Bertz CT molecular complexity index is 970. The van der Waals surface area contributed by atoms with E-state index < -0.39 is 16.6 Å². The second-order valence-electron chi connectivity index (χ2n) is 5.08. The largest absolute Gasteiger partial charge is 0.403 e. The predicted molar refractivity (Wildman–Crippen MR) is 85.5 cm³/mol. The highest BCUT2D eigenvalue weighted by atomic mass is 19.1. The van der Waals surface area contributed by atoms with E-state index >= 15 is 0 Å². The average molecular weight is 342 g/mol. The summed E-state index contributed by atoms with van der Waals surface area (Å²) in [6.45, 7) is 1.47. The van der Waals surface area contributed by atoms with Gasteiger partial charge in [-0.25, -0.2) is 4.39 Å². The minimum absolute atomic E-state index is 0.0329. The Kier molecular flexibility index (Phi) is 4.21. The normalized spacial score (nSPS) is 10.5. The van der Waals surface area contributed by atoms with Gasteiger partial charge in [0.05, 0.1) is 4.92 Å². The fourth-order valence-electron chi connectivity index (χ4n) is 2.24. The number of rotatable bonds is 4. The molecular weight excluding hydrogens is 331 g/mol. The van der Waals surface area contributed by atoms with Crippen LogP contribution in [0.1, 0.15) is 15.9 Å². The maximum absolute atomic E-state index is 13.2. The fraction of sp³-hybridized carbons (Fsp3) is 0.0625. The molecule has 2 aromatic carbocycles. The summed E-state index contributed by atoms with van der Waals surface area (Å²) < 4.78 is 18.5. The first-order chi connectivity index (χ1) is 12.0. The number of nitrogens with zero attached hydrogens (tertiary/aromatic N) is 3. The third kappa shape index (κ3) is 3.34. The van der Waals surface area contributed by atoms with Gasteiger partial charge in [-0.15, -0.1) is 5.10 Å². The van der Waals surface area contributed by atoms with Gasteiger partial charge in [0.15, 0.2) is 0 Å². The number of anilines is 1. The topological polar surface area (TPSA) is 111 Å². The van der Waals surface area contributed by atoms with Crippen LogP contribution in [0.5, 0.6) is 0 Å². The number of nitro benzene ring substituents is 1. The Balaban J connectivity index is 1.83. The van der Waals surface area contributed by atoms with E-state index in [1.807, 2.05) is 0 Å². The van der Waals surface area contributed by atoms with Crippen molar-refractivity contribution in [3.8, 4) is 11.5 Å². The fourth-order valence-corrected chi connectivity index (χ4v) is 2.24. The number of hydrogen-bond acceptors (Lipinski definition) is 6. The molecule has 0 aliphatic carbocycles. The van der Waals surface area contributed by atoms with Gasteiger partial charge in [-0.1, -0.05) is 17.2 Å². The molecule has 126 valence electrons. The van der Waals surface area contributed by atoms with E-state index in [0.717, 1.165) is 0 Å². The molecule has 0 saturated carbocycles. The summed E-state index contributed by atoms with van der Waals surface area (Å²) in [7, 11) is 0. The van der Waals surface area contributed by atoms with Gasteiger partial charge in [0.1, 0.15) is 5.82 Å². The molecule has 0 radical (unpaired) electrons. The number of aromatic nitrogens is 2. The van der Waals surface area contributed by atoms with E-state index in [1.165, 1.54) is 43.3 Å². The number of benzene rings is 2. The van der Waals surface area contributed by atoms with Crippen molar-refractivity contribution in [2.75, 3.05) is 5.32 Å². The molecule has 25 heavy (non-hydrogen) atoms. The Morgan fingerprint density at radius 3 is 2.72 bits per heavy atom. The van der Waals surface area contributed by atoms with Gasteiger partial charge in [0.2, 0.25) is 5.89 Å². The van der Waals surface area contributed by atoms with Crippen LogP contribution in [-0.4, -0.2) is 21.0 Å². The van der Waals surface area contributed by atoms with Crippen molar-refractivity contribution in [3.05, 3.63) is 69.5 Å². The standard InChI is InChI=1S/C16H11FN4O4/c1-9-12(6-3-7-13(9)21(23)24)14(22)18-16-20-19-15(25-16)10-4-2-5-11(17)8-10/h2-8H,1H3,(H,18,20,22). The smallest absolute Gasteiger partial charge is 0.322 e. The van der Waals surface area contributed by atoms with Crippen molar-refractivity contribution in [1.82, 2.24) is 10.2 Å². The molecule has 1 amide bonds. The molecule has 8 nitrogen and oxygen atoms in total. The van der Waals surface area contributed by atoms with Crippen LogP contribution in [0, 0.1) is 22.9 Å². The zero-order chi connectivity index (χ0) is 18.0. The number of amides is 1. The third-order valence-electron chi connectivity index (χ3n) is 3.46. The summed E-state index contributed by atoms with van der Waals surface area (Å²) in [5.41, 5.74) is 0.521. The second kappa shape index (κ2) is 6.48. The summed E-state index contributed by atoms with van der Waals surface area (Å²) in [6.07, 6.45) is 0. The Morgan fingerprint density at radius 2 is 2.00 bits per heavy atom. The molecule has 0 spiro atoms. The van der Waals surface area contributed by atoms with E-state index in [0.29, 0.717) is 5.56 Å². The Hall–Kier alpha value is -3.62. The zero-order valence-electron chi connectivity index (χ0n) is 12.9. The number of carbonyl (C=O) groups is 1. The quantitative estimate of drug-likeness (QED) is 0.575. The number of hydrogen-bond donors (Lipinski definition) is 1. The van der Waals surface area contributed by atoms with Crippen molar-refractivity contribution in [1.29, 1.82) is 0 Å². The lowest BCUT2D eigenvalue weighted by molar-refractivity contribution is -0.385. The highest BCUT2D eigenvalue weighted by molar-refractivity contribution is 6.04. The SMILES string of the molecule is Cc1c(C(=O)Nc2nnc(-c3cccc(F)c3)o2)cccc1[N+](=O)[O-]. The van der Waals surface area contributed by atoms with Crippen molar-refractivity contribution in [3.63, 3.8) is 0 Å². The van der Waals surface area contributed by atoms with Gasteiger partial charge in [-0.3, -0.25) is 20.2 Å². The van der Waals surface area contributed by atoms with Crippen LogP contribution in [-0.2, 0) is 0 Å². The maximum Gasteiger partial charge on any atom is 0.322 e. The molecule has 0 saturated heterocycles. The maximum atomic E-state index is 13.2. The summed E-state index contributed by atoms with van der Waals surface area (Å²) >= 11 is 0. The van der Waals surface area contributed by atoms with Crippen LogP contribution in [0.2, 0.25) is 0 Å². The zero-order valence-corrected chi connectivity index (χ0v) is 12.9. The molecule has 0 aliphatic heterocycles. The average Bonchev–Trinajstić information content (AvgIpc) is 3.03. The predicted octanol–water partition coefficient (Wildman–Crippen LogP) is 3.34. The lowest BCUT2D eigenvalue weighted by Gasteiger charge is -2.04. The highest BCUT2D eigenvalue weighted by Crippen LogP contribution is 2.23. The number of halogens is 1. The van der Waals surface area contributed by atoms with Gasteiger partial charge >= 0.3 is 6.01 Å². The third-order valence-corrected chi connectivity index (χ3v) is 3.46. The van der Waals surface area contributed by atoms with Gasteiger partial charge in [-0.2, -0.15) is 0 Å². The Morgan fingerprint density at radius 1 is 1.24 bits per heavy atom. The van der Waals surface area contributed by atoms with Gasteiger partial charge in [0, 0.05) is 22.8 Å². The molecule has 0 aliphatic rings. The lowest BCUT2D eigenvalue weighted by Crippen LogP contribution is -2.14. The molecule has 1 heterocycles. The van der Waals surface area contributed by atoms with Gasteiger partial charge in [0.25, 0.3) is 11.6 Å². The van der Waals surface area contributed by atoms with Gasteiger partial charge in [-0.05, 0) is 31.2 Å². The van der Waals surface area contributed by atoms with Gasteiger partial charge < -0.3 is 4.42 Å². The molecule has 0 fully saturated rings. The number of nitrogens with one attached hydrogen (secondary N) is 1. The Labute approximate surface area is 140 Å². The summed E-state index contributed by atoms with van der Waals surface area (Å²) in [5, 5.41) is 20.7. The lowest BCUT2D eigenvalue weighted by atomic mass is 10.1. The van der Waals surface area contributed by atoms with Crippen molar-refractivity contribution < 1.29 is 18.5 Å². The van der Waals surface area contributed by atoms with Crippen molar-refractivity contribution in [2.45, 2.75) is 6.92 Å². The van der Waals surface area contributed by atoms with Crippen LogP contribution < -0.4 is 5.32 Å². The second-order valence-corrected chi connectivity index (χ2v) is 5.08. The van der Waals surface area contributed by atoms with Crippen molar-refractivity contribution in [2.24, 2.45) is 0 Å². The van der Waals surface area contributed by atoms with Crippen LogP contribution >= 0.6 is 0 Å². The summed E-state index contributed by atoms with van der Waals surface area (Å²) in [5.74, 6) is -1.06. The number of carbonyl (C=O) groups excluding carboxylic acids is 1. The summed E-state index contributed by atoms with van der Waals surface area (Å²) in [4.78, 5) is 22.7. The molecule has 9 heteroatoms. The van der Waals surface area contributed by atoms with Crippen molar-refractivity contribution >= 4 is 17.6 Å². The van der Waals surface area contributed by atoms with E-state index in [4.69, 9.17) is 4.42 Å². The molecule has 1 N–H and O–H groups in total. The van der Waals surface area contributed by atoms with Crippen LogP contribution in [0.15, 0.2) is 46.9 Å². The van der Waals surface area contributed by atoms with Crippen LogP contribution in [0.3, 0.4) is 0 Å². The summed E-state index contributed by atoms with van der Waals surface area (Å²) in [6, 6.07) is 9.51. The molecule has 0 atom stereocenters. The molecule has 3 aromatic rings. The molecule has 0 unspecified atom stereocenters. The minimum atomic E-state index is -0.629. The number of nitro groups is 1.